The van der Waals surface area contributed by atoms with Crippen LogP contribution in [0.3, 0.4) is 0 Å². The summed E-state index contributed by atoms with van der Waals surface area (Å²) in [6.45, 7) is 1.57. The monoisotopic (exact) mass is 467 g/mol. The van der Waals surface area contributed by atoms with Crippen LogP contribution in [0.15, 0.2) is 82.7 Å². The molecule has 0 aliphatic rings. The molecule has 0 aliphatic carbocycles. The molecule has 4 rings (SSSR count). The topological polar surface area (TPSA) is 77.2 Å². The summed E-state index contributed by atoms with van der Waals surface area (Å²) in [6.07, 6.45) is -0.123. The number of Topliss-reactive ketones (excluding diaryl/α,β-unsaturated/α-hetero) is 1. The van der Waals surface area contributed by atoms with Gasteiger partial charge in [0.1, 0.15) is 11.6 Å². The van der Waals surface area contributed by atoms with E-state index in [2.05, 4.69) is 5.32 Å². The molecule has 0 spiro atoms. The van der Waals surface area contributed by atoms with Gasteiger partial charge in [0.25, 0.3) is 5.69 Å². The molecular weight excluding hydrogens is 448 g/mol. The number of rotatable bonds is 8. The standard InChI is InChI=1S/C24H19F2N3O3S/c1-15(30)13-27-18-9-10-19-21(12-18)28(24(26)16-5-4-6-17(25)11-16)14-23(19)33-22-8-3-2-7-20(22)29(31)32/h2-12,14,24,27H,13H2,1H3. The third kappa shape index (κ3) is 4.88. The number of nitrogens with zero attached hydrogens (tertiary/aromatic N) is 2. The summed E-state index contributed by atoms with van der Waals surface area (Å²) in [5, 5.41) is 15.1. The summed E-state index contributed by atoms with van der Waals surface area (Å²) in [4.78, 5) is 23.3. The van der Waals surface area contributed by atoms with E-state index >= 15 is 4.39 Å². The summed E-state index contributed by atoms with van der Waals surface area (Å²) in [5.74, 6) is -0.605. The SMILES string of the molecule is CC(=O)CNc1ccc2c(Sc3ccccc3[N+](=O)[O-])cn(C(F)c3cccc(F)c3)c2c1. The second-order valence-electron chi connectivity index (χ2n) is 7.41. The maximum Gasteiger partial charge on any atom is 0.283 e. The van der Waals surface area contributed by atoms with E-state index in [4.69, 9.17) is 0 Å². The number of aromatic nitrogens is 1. The van der Waals surface area contributed by atoms with Crippen LogP contribution in [0.25, 0.3) is 10.9 Å². The first-order valence-electron chi connectivity index (χ1n) is 10.0. The van der Waals surface area contributed by atoms with Gasteiger partial charge < -0.3 is 9.88 Å². The van der Waals surface area contributed by atoms with Gasteiger partial charge in [-0.3, -0.25) is 14.9 Å². The Bertz CT molecular complexity index is 1360. The van der Waals surface area contributed by atoms with Gasteiger partial charge in [0.15, 0.2) is 0 Å². The summed E-state index contributed by atoms with van der Waals surface area (Å²) in [7, 11) is 0. The Labute approximate surface area is 192 Å². The lowest BCUT2D eigenvalue weighted by Gasteiger charge is -2.13. The molecule has 0 amide bonds. The largest absolute Gasteiger partial charge is 0.378 e. The number of carbonyl (C=O) groups is 1. The molecule has 33 heavy (non-hydrogen) atoms. The van der Waals surface area contributed by atoms with Gasteiger partial charge in [0.2, 0.25) is 6.30 Å². The number of hydrogen-bond donors (Lipinski definition) is 1. The van der Waals surface area contributed by atoms with E-state index in [9.17, 15) is 19.3 Å². The number of nitro groups is 1. The number of benzene rings is 3. The Kier molecular flexibility index (Phi) is 6.41. The summed E-state index contributed by atoms with van der Waals surface area (Å²) >= 11 is 1.15. The maximum absolute atomic E-state index is 15.6. The fourth-order valence-electron chi connectivity index (χ4n) is 3.45. The Morgan fingerprint density at radius 3 is 2.64 bits per heavy atom. The van der Waals surface area contributed by atoms with Crippen molar-refractivity contribution in [3.05, 3.63) is 94.4 Å². The van der Waals surface area contributed by atoms with Crippen molar-refractivity contribution in [3.63, 3.8) is 0 Å². The summed E-state index contributed by atoms with van der Waals surface area (Å²) in [6, 6.07) is 16.9. The van der Waals surface area contributed by atoms with Gasteiger partial charge in [-0.2, -0.15) is 0 Å². The van der Waals surface area contributed by atoms with Crippen molar-refractivity contribution >= 4 is 39.8 Å². The Balaban J connectivity index is 1.82. The molecule has 0 saturated heterocycles. The molecule has 4 aromatic rings. The van der Waals surface area contributed by atoms with Gasteiger partial charge in [0, 0.05) is 33.8 Å². The molecule has 1 aromatic heterocycles. The van der Waals surface area contributed by atoms with Gasteiger partial charge in [-0.05, 0) is 43.3 Å². The Morgan fingerprint density at radius 1 is 1.12 bits per heavy atom. The Hall–Kier alpha value is -3.72. The highest BCUT2D eigenvalue weighted by Gasteiger charge is 2.21. The van der Waals surface area contributed by atoms with Crippen LogP contribution in [0.4, 0.5) is 20.2 Å². The van der Waals surface area contributed by atoms with Crippen LogP contribution in [-0.2, 0) is 4.79 Å². The molecule has 0 bridgehead atoms. The maximum atomic E-state index is 15.6. The van der Waals surface area contributed by atoms with Gasteiger partial charge >= 0.3 is 0 Å². The van der Waals surface area contributed by atoms with Crippen molar-refractivity contribution in [2.75, 3.05) is 11.9 Å². The molecule has 1 atom stereocenters. The first kappa shape index (κ1) is 22.5. The van der Waals surface area contributed by atoms with Gasteiger partial charge in [-0.15, -0.1) is 0 Å². The summed E-state index contributed by atoms with van der Waals surface area (Å²) in [5.41, 5.74) is 1.20. The lowest BCUT2D eigenvalue weighted by Crippen LogP contribution is -2.10. The molecule has 168 valence electrons. The zero-order chi connectivity index (χ0) is 23.5. The van der Waals surface area contributed by atoms with Crippen LogP contribution in [-0.4, -0.2) is 21.8 Å². The molecule has 0 aliphatic heterocycles. The average molecular weight is 467 g/mol. The molecule has 9 heteroatoms. The number of carbonyl (C=O) groups excluding carboxylic acids is 1. The molecule has 3 aromatic carbocycles. The summed E-state index contributed by atoms with van der Waals surface area (Å²) < 4.78 is 30.7. The van der Waals surface area contributed by atoms with E-state index in [0.29, 0.717) is 26.4 Å². The van der Waals surface area contributed by atoms with Crippen LogP contribution in [0.1, 0.15) is 18.8 Å². The number of hydrogen-bond acceptors (Lipinski definition) is 5. The van der Waals surface area contributed by atoms with Crippen LogP contribution >= 0.6 is 11.8 Å². The van der Waals surface area contributed by atoms with Crippen molar-refractivity contribution in [3.8, 4) is 0 Å². The van der Waals surface area contributed by atoms with Crippen LogP contribution in [0.2, 0.25) is 0 Å². The number of anilines is 1. The number of fused-ring (bicyclic) bond motifs is 1. The van der Waals surface area contributed by atoms with E-state index in [-0.39, 0.29) is 23.6 Å². The highest BCUT2D eigenvalue weighted by Crippen LogP contribution is 2.41. The highest BCUT2D eigenvalue weighted by atomic mass is 32.2. The lowest BCUT2D eigenvalue weighted by atomic mass is 10.2. The predicted octanol–water partition coefficient (Wildman–Crippen LogP) is 6.36. The second kappa shape index (κ2) is 9.41. The van der Waals surface area contributed by atoms with E-state index < -0.39 is 17.0 Å². The first-order chi connectivity index (χ1) is 15.8. The quantitative estimate of drug-likeness (QED) is 0.241. The number of para-hydroxylation sites is 1. The zero-order valence-electron chi connectivity index (χ0n) is 17.5. The van der Waals surface area contributed by atoms with E-state index in [0.717, 1.165) is 17.8 Å². The first-order valence-corrected chi connectivity index (χ1v) is 10.8. The third-order valence-electron chi connectivity index (χ3n) is 4.99. The average Bonchev–Trinajstić information content (AvgIpc) is 3.15. The molecule has 1 heterocycles. The van der Waals surface area contributed by atoms with Crippen molar-refractivity contribution in [2.45, 2.75) is 23.0 Å². The minimum absolute atomic E-state index is 0.0509. The normalized spacial score (nSPS) is 12.0. The minimum Gasteiger partial charge on any atom is -0.378 e. The number of halogens is 2. The van der Waals surface area contributed by atoms with Crippen molar-refractivity contribution in [2.24, 2.45) is 0 Å². The van der Waals surface area contributed by atoms with E-state index in [1.807, 2.05) is 0 Å². The zero-order valence-corrected chi connectivity index (χ0v) is 18.3. The fourth-order valence-corrected chi connectivity index (χ4v) is 4.53. The van der Waals surface area contributed by atoms with Crippen LogP contribution in [0, 0.1) is 15.9 Å². The molecule has 0 radical (unpaired) electrons. The van der Waals surface area contributed by atoms with Gasteiger partial charge in [0.05, 0.1) is 21.9 Å². The van der Waals surface area contributed by atoms with E-state index in [1.54, 1.807) is 42.6 Å². The molecular formula is C24H19F2N3O3S. The predicted molar refractivity (Wildman–Crippen MR) is 124 cm³/mol. The second-order valence-corrected chi connectivity index (χ2v) is 8.49. The Morgan fingerprint density at radius 2 is 1.91 bits per heavy atom. The molecule has 0 saturated carbocycles. The third-order valence-corrected chi connectivity index (χ3v) is 6.10. The van der Waals surface area contributed by atoms with Crippen LogP contribution in [0.5, 0.6) is 0 Å². The van der Waals surface area contributed by atoms with Crippen molar-refractivity contribution in [1.82, 2.24) is 4.57 Å². The van der Waals surface area contributed by atoms with Crippen LogP contribution < -0.4 is 5.32 Å². The smallest absolute Gasteiger partial charge is 0.283 e. The fraction of sp³-hybridized carbons (Fsp3) is 0.125. The highest BCUT2D eigenvalue weighted by molar-refractivity contribution is 7.99. The molecule has 0 fully saturated rings. The van der Waals surface area contributed by atoms with E-state index in [1.165, 1.54) is 35.8 Å². The number of ketones is 1. The van der Waals surface area contributed by atoms with Gasteiger partial charge in [-0.1, -0.05) is 36.0 Å². The van der Waals surface area contributed by atoms with Gasteiger partial charge in [-0.25, -0.2) is 8.78 Å². The number of nitro benzene ring substituents is 1. The molecule has 1 N–H and O–H groups in total. The molecule has 1 unspecified atom stereocenters. The number of alkyl halides is 1. The molecule has 6 nitrogen and oxygen atoms in total. The minimum atomic E-state index is -1.69. The number of nitrogens with one attached hydrogen (secondary N) is 1. The van der Waals surface area contributed by atoms with Crippen molar-refractivity contribution in [1.29, 1.82) is 0 Å². The van der Waals surface area contributed by atoms with Crippen molar-refractivity contribution < 1.29 is 18.5 Å². The lowest BCUT2D eigenvalue weighted by molar-refractivity contribution is -0.387.